The quantitative estimate of drug-likeness (QED) is 0.0641. The fourth-order valence-corrected chi connectivity index (χ4v) is 10.4. The molecule has 0 fully saturated rings. The van der Waals surface area contributed by atoms with Gasteiger partial charge >= 0.3 is 0 Å². The first kappa shape index (κ1) is 43.2. The predicted molar refractivity (Wildman–Crippen MR) is 170 cm³/mol. The van der Waals surface area contributed by atoms with E-state index < -0.39 is 176 Å². The predicted octanol–water partition coefficient (Wildman–Crippen LogP) is 9.78. The molecule has 59 heavy (non-hydrogen) atoms. The van der Waals surface area contributed by atoms with Gasteiger partial charge in [-0.1, -0.05) is 36.4 Å². The fraction of sp³-hybridized carbons (Fsp3) is 0. The number of para-hydroxylation sites is 2. The summed E-state index contributed by atoms with van der Waals surface area (Å²) < 4.78 is 302. The van der Waals surface area contributed by atoms with E-state index in [9.17, 15) is 52.7 Å². The molecule has 0 bridgehead atoms. The van der Waals surface area contributed by atoms with Crippen molar-refractivity contribution >= 4 is 47.7 Å². The largest absolute Gasteiger partial charge is 0.456 e. The van der Waals surface area contributed by atoms with Crippen LogP contribution in [0.15, 0.2) is 48.5 Å². The highest BCUT2D eigenvalue weighted by atomic mass is 31.1. The Morgan fingerprint density at radius 1 is 0.237 bits per heavy atom. The van der Waals surface area contributed by atoms with E-state index in [1.807, 2.05) is 0 Å². The molecule has 1 nitrogen and oxygen atoms in total. The van der Waals surface area contributed by atoms with Crippen LogP contribution in [-0.4, -0.2) is 0 Å². The van der Waals surface area contributed by atoms with E-state index in [0.29, 0.717) is 24.3 Å². The number of rotatable bonds is 8. The molecule has 6 aromatic carbocycles. The molecular formula is C36H8F20OP2. The number of ether oxygens (including phenoxy) is 1. The summed E-state index contributed by atoms with van der Waals surface area (Å²) in [6.45, 7) is 0. The van der Waals surface area contributed by atoms with E-state index in [0.717, 1.165) is 24.3 Å². The number of hydrogen-bond acceptors (Lipinski definition) is 1. The van der Waals surface area contributed by atoms with Crippen LogP contribution in [0.3, 0.4) is 0 Å². The van der Waals surface area contributed by atoms with Gasteiger partial charge in [0.05, 0.1) is 21.2 Å². The fourth-order valence-electron chi connectivity index (χ4n) is 5.44. The number of halogens is 20. The molecule has 0 aromatic heterocycles. The molecular weight excluding hydrogens is 890 g/mol. The lowest BCUT2D eigenvalue weighted by Gasteiger charge is -2.26. The topological polar surface area (TPSA) is 9.23 Å². The monoisotopic (exact) mass is 898 g/mol. The second-order valence-electron chi connectivity index (χ2n) is 11.4. The lowest BCUT2D eigenvalue weighted by atomic mass is 10.3. The minimum absolute atomic E-state index is 0.497. The minimum Gasteiger partial charge on any atom is -0.456 e. The lowest BCUT2D eigenvalue weighted by Crippen LogP contribution is -2.34. The van der Waals surface area contributed by atoms with Gasteiger partial charge in [-0.2, -0.15) is 0 Å². The molecule has 23 heteroatoms. The van der Waals surface area contributed by atoms with Crippen molar-refractivity contribution in [3.63, 3.8) is 0 Å². The highest BCUT2D eigenvalue weighted by Gasteiger charge is 2.42. The maximum absolute atomic E-state index is 15.4. The Morgan fingerprint density at radius 2 is 0.407 bits per heavy atom. The van der Waals surface area contributed by atoms with Crippen molar-refractivity contribution in [2.75, 3.05) is 0 Å². The van der Waals surface area contributed by atoms with Gasteiger partial charge in [0.15, 0.2) is 93.1 Å². The van der Waals surface area contributed by atoms with E-state index in [-0.39, 0.29) is 0 Å². The molecule has 0 saturated carbocycles. The SMILES string of the molecule is Fc1c(F)c(F)c(P(c2ccccc2Oc2ccccc2P(c2c(F)c(F)c(F)c(F)c2F)c2c(F)c(F)c(F)c(F)c2F)c2c(F)c(F)c(F)c(F)c2F)c(F)c1F. The number of hydrogen-bond donors (Lipinski definition) is 0. The van der Waals surface area contributed by atoms with Gasteiger partial charge in [-0.15, -0.1) is 0 Å². The summed E-state index contributed by atoms with van der Waals surface area (Å²) in [6.07, 6.45) is 0. The minimum atomic E-state index is -4.33. The van der Waals surface area contributed by atoms with Crippen molar-refractivity contribution in [2.24, 2.45) is 0 Å². The van der Waals surface area contributed by atoms with Crippen LogP contribution in [0.2, 0.25) is 0 Å². The van der Waals surface area contributed by atoms with Crippen molar-refractivity contribution in [3.8, 4) is 11.5 Å². The van der Waals surface area contributed by atoms with E-state index in [1.54, 1.807) is 0 Å². The lowest BCUT2D eigenvalue weighted by molar-refractivity contribution is 0.383. The summed E-state index contributed by atoms with van der Waals surface area (Å²) in [7, 11) is -8.66. The van der Waals surface area contributed by atoms with Gasteiger partial charge in [-0.05, 0) is 12.1 Å². The van der Waals surface area contributed by atoms with Crippen molar-refractivity contribution in [1.82, 2.24) is 0 Å². The van der Waals surface area contributed by atoms with Gasteiger partial charge in [0.25, 0.3) is 0 Å². The molecule has 0 amide bonds. The normalized spacial score (nSPS) is 11.7. The molecule has 6 rings (SSSR count). The van der Waals surface area contributed by atoms with Crippen LogP contribution >= 0.6 is 15.8 Å². The molecule has 0 spiro atoms. The molecule has 0 aliphatic heterocycles. The van der Waals surface area contributed by atoms with Gasteiger partial charge in [0.2, 0.25) is 23.3 Å². The Labute approximate surface area is 316 Å². The van der Waals surface area contributed by atoms with Gasteiger partial charge in [-0.3, -0.25) is 0 Å². The third-order valence-electron chi connectivity index (χ3n) is 8.07. The maximum atomic E-state index is 15.4. The smallest absolute Gasteiger partial charge is 0.200 e. The first-order valence-corrected chi connectivity index (χ1v) is 17.9. The molecule has 0 aliphatic rings. The summed E-state index contributed by atoms with van der Waals surface area (Å²) >= 11 is 0. The Bertz CT molecular complexity index is 2300. The molecule has 0 radical (unpaired) electrons. The van der Waals surface area contributed by atoms with E-state index in [1.165, 1.54) is 0 Å². The van der Waals surface area contributed by atoms with Gasteiger partial charge in [0, 0.05) is 26.5 Å². The maximum Gasteiger partial charge on any atom is 0.200 e. The summed E-state index contributed by atoms with van der Waals surface area (Å²) in [5.74, 6) is -59.2. The third kappa shape index (κ3) is 6.81. The van der Waals surface area contributed by atoms with Crippen molar-refractivity contribution < 1.29 is 92.5 Å². The first-order chi connectivity index (χ1) is 27.7. The Kier molecular flexibility index (Phi) is 11.7. The molecule has 0 unspecified atom stereocenters. The molecule has 0 saturated heterocycles. The highest BCUT2D eigenvalue weighted by Crippen LogP contribution is 2.46. The molecule has 0 aliphatic carbocycles. The first-order valence-electron chi connectivity index (χ1n) is 15.2. The molecule has 308 valence electrons. The molecule has 0 N–H and O–H groups in total. The van der Waals surface area contributed by atoms with Crippen LogP contribution < -0.4 is 36.6 Å². The average Bonchev–Trinajstić information content (AvgIpc) is 3.23. The van der Waals surface area contributed by atoms with Crippen LogP contribution in [0.4, 0.5) is 87.8 Å². The van der Waals surface area contributed by atoms with Crippen molar-refractivity contribution in [3.05, 3.63) is 165 Å². The Morgan fingerprint density at radius 3 is 0.610 bits per heavy atom. The van der Waals surface area contributed by atoms with Crippen LogP contribution in [0.25, 0.3) is 0 Å². The Hall–Kier alpha value is -5.42. The zero-order valence-electron chi connectivity index (χ0n) is 27.5. The second kappa shape index (κ2) is 16.0. The van der Waals surface area contributed by atoms with Crippen LogP contribution in [0.5, 0.6) is 11.5 Å². The number of benzene rings is 6. The van der Waals surface area contributed by atoms with E-state index in [4.69, 9.17) is 4.74 Å². The summed E-state index contributed by atoms with van der Waals surface area (Å²) in [4.78, 5) is 0. The standard InChI is InChI=1S/C36H8F20OP2/c37-13-17(41)25(49)33(26(50)18(13)42)58(34-27(51)19(43)14(38)20(44)28(34)52)11-7-3-1-5-9(11)57-10-6-2-4-8-12(10)59(35-29(53)21(45)15(39)22(46)30(35)54)36-31(55)23(47)16(40)24(48)32(36)56/h1-8H. The summed E-state index contributed by atoms with van der Waals surface area (Å²) in [5.41, 5.74) is 0. The van der Waals surface area contributed by atoms with Gasteiger partial charge < -0.3 is 4.74 Å². The van der Waals surface area contributed by atoms with Crippen LogP contribution in [0, 0.1) is 116 Å². The Balaban J connectivity index is 1.71. The average molecular weight is 898 g/mol. The van der Waals surface area contributed by atoms with Crippen molar-refractivity contribution in [1.29, 1.82) is 0 Å². The second-order valence-corrected chi connectivity index (χ2v) is 15.5. The summed E-state index contributed by atoms with van der Waals surface area (Å²) in [5, 5.41) is -11.4. The zero-order chi connectivity index (χ0) is 43.7. The highest BCUT2D eigenvalue weighted by molar-refractivity contribution is 7.80. The van der Waals surface area contributed by atoms with Gasteiger partial charge in [0.1, 0.15) is 11.5 Å². The molecule has 6 aromatic rings. The zero-order valence-corrected chi connectivity index (χ0v) is 29.3. The third-order valence-corrected chi connectivity index (χ3v) is 13.1. The van der Waals surface area contributed by atoms with Crippen molar-refractivity contribution in [2.45, 2.75) is 0 Å². The van der Waals surface area contributed by atoms with E-state index in [2.05, 4.69) is 0 Å². The summed E-state index contributed by atoms with van der Waals surface area (Å²) in [6, 6.07) is 5.41. The molecule has 0 heterocycles. The molecule has 0 atom stereocenters. The van der Waals surface area contributed by atoms with Crippen LogP contribution in [0.1, 0.15) is 0 Å². The van der Waals surface area contributed by atoms with Gasteiger partial charge in [-0.25, -0.2) is 87.8 Å². The van der Waals surface area contributed by atoms with E-state index >= 15 is 35.1 Å². The van der Waals surface area contributed by atoms with Crippen LogP contribution in [-0.2, 0) is 0 Å².